The fraction of sp³-hybridized carbons (Fsp3) is 0. The van der Waals surface area contributed by atoms with E-state index >= 15 is 0 Å². The normalized spacial score (nSPS) is 9.25. The third kappa shape index (κ3) is 2.47. The van der Waals surface area contributed by atoms with Crippen LogP contribution in [0.5, 0.6) is 0 Å². The highest BCUT2D eigenvalue weighted by atomic mass is 32.1. The smallest absolute Gasteiger partial charge is 0.355 e. The number of carbonyl (C=O) groups is 1. The van der Waals surface area contributed by atoms with Crippen molar-refractivity contribution in [2.24, 2.45) is 0 Å². The molecule has 4 heteroatoms. The van der Waals surface area contributed by atoms with Crippen molar-refractivity contribution in [1.82, 2.24) is 4.98 Å². The number of benzene rings is 1. The van der Waals surface area contributed by atoms with Gasteiger partial charge in [0, 0.05) is 10.9 Å². The van der Waals surface area contributed by atoms with Crippen molar-refractivity contribution in [2.45, 2.75) is 0 Å². The number of carboxylic acid groups (broad SMARTS) is 1. The van der Waals surface area contributed by atoms with Gasteiger partial charge in [-0.15, -0.1) is 11.3 Å². The molecule has 2 aromatic rings. The lowest BCUT2D eigenvalue weighted by Crippen LogP contribution is -1.95. The average molecular weight is 229 g/mol. The molecule has 0 atom stereocenters. The predicted molar refractivity (Wildman–Crippen MR) is 61.5 cm³/mol. The zero-order chi connectivity index (χ0) is 11.4. The first-order valence-electron chi connectivity index (χ1n) is 4.51. The van der Waals surface area contributed by atoms with Crippen LogP contribution < -0.4 is 0 Å². The Kier molecular flexibility index (Phi) is 2.99. The Bertz CT molecular complexity index is 563. The maximum atomic E-state index is 10.6. The zero-order valence-corrected chi connectivity index (χ0v) is 8.99. The second-order valence-electron chi connectivity index (χ2n) is 2.96. The highest BCUT2D eigenvalue weighted by molar-refractivity contribution is 7.10. The number of hydrogen-bond acceptors (Lipinski definition) is 3. The first kappa shape index (κ1) is 10.4. The van der Waals surface area contributed by atoms with Crippen molar-refractivity contribution in [1.29, 1.82) is 0 Å². The molecule has 1 heterocycles. The van der Waals surface area contributed by atoms with Crippen LogP contribution in [0.25, 0.3) is 0 Å². The molecular weight excluding hydrogens is 222 g/mol. The van der Waals surface area contributed by atoms with Gasteiger partial charge in [0.05, 0.1) is 0 Å². The number of aromatic nitrogens is 1. The van der Waals surface area contributed by atoms with Gasteiger partial charge in [-0.3, -0.25) is 0 Å². The Morgan fingerprint density at radius 2 is 2.00 bits per heavy atom. The lowest BCUT2D eigenvalue weighted by Gasteiger charge is -1.85. The molecule has 2 rings (SSSR count). The van der Waals surface area contributed by atoms with E-state index in [1.807, 2.05) is 30.3 Å². The van der Waals surface area contributed by atoms with Crippen LogP contribution in [-0.4, -0.2) is 16.1 Å². The van der Waals surface area contributed by atoms with Crippen LogP contribution in [0.2, 0.25) is 0 Å². The van der Waals surface area contributed by atoms with Gasteiger partial charge in [0.25, 0.3) is 0 Å². The van der Waals surface area contributed by atoms with E-state index in [2.05, 4.69) is 16.8 Å². The largest absolute Gasteiger partial charge is 0.476 e. The molecule has 0 spiro atoms. The number of carboxylic acids is 1. The summed E-state index contributed by atoms with van der Waals surface area (Å²) in [6.45, 7) is 0. The minimum Gasteiger partial charge on any atom is -0.476 e. The van der Waals surface area contributed by atoms with Crippen LogP contribution in [-0.2, 0) is 0 Å². The number of hydrogen-bond donors (Lipinski definition) is 1. The molecule has 0 saturated heterocycles. The number of nitrogens with zero attached hydrogens (tertiary/aromatic N) is 1. The molecule has 0 fully saturated rings. The van der Waals surface area contributed by atoms with Crippen LogP contribution in [0.4, 0.5) is 0 Å². The molecule has 3 nitrogen and oxygen atoms in total. The van der Waals surface area contributed by atoms with E-state index in [4.69, 9.17) is 5.11 Å². The minimum atomic E-state index is -1.02. The SMILES string of the molecule is O=C(O)c1csc(C#Cc2ccccc2)n1. The van der Waals surface area contributed by atoms with E-state index in [1.165, 1.54) is 16.7 Å². The van der Waals surface area contributed by atoms with Gasteiger partial charge >= 0.3 is 5.97 Å². The Morgan fingerprint density at radius 3 is 2.62 bits per heavy atom. The molecule has 1 aromatic carbocycles. The van der Waals surface area contributed by atoms with E-state index in [-0.39, 0.29) is 5.69 Å². The van der Waals surface area contributed by atoms with Crippen molar-refractivity contribution in [3.05, 3.63) is 52.0 Å². The monoisotopic (exact) mass is 229 g/mol. The summed E-state index contributed by atoms with van der Waals surface area (Å²) in [5, 5.41) is 10.7. The molecule has 0 radical (unpaired) electrons. The van der Waals surface area contributed by atoms with Crippen molar-refractivity contribution in [3.8, 4) is 11.8 Å². The van der Waals surface area contributed by atoms with Gasteiger partial charge in [-0.25, -0.2) is 9.78 Å². The summed E-state index contributed by atoms with van der Waals surface area (Å²) in [5.41, 5.74) is 0.928. The zero-order valence-electron chi connectivity index (χ0n) is 8.18. The highest BCUT2D eigenvalue weighted by Crippen LogP contribution is 2.08. The molecular formula is C12H7NO2S. The van der Waals surface area contributed by atoms with Crippen LogP contribution in [0.15, 0.2) is 35.7 Å². The Labute approximate surface area is 96.4 Å². The van der Waals surface area contributed by atoms with E-state index < -0.39 is 5.97 Å². The van der Waals surface area contributed by atoms with Gasteiger partial charge < -0.3 is 5.11 Å². The Balaban J connectivity index is 2.21. The topological polar surface area (TPSA) is 50.2 Å². The number of aromatic carboxylic acids is 1. The molecule has 0 amide bonds. The molecule has 0 aliphatic carbocycles. The molecule has 16 heavy (non-hydrogen) atoms. The van der Waals surface area contributed by atoms with Crippen molar-refractivity contribution >= 4 is 17.3 Å². The lowest BCUT2D eigenvalue weighted by atomic mass is 10.2. The molecule has 1 N–H and O–H groups in total. The fourth-order valence-electron chi connectivity index (χ4n) is 1.08. The minimum absolute atomic E-state index is 0.0439. The van der Waals surface area contributed by atoms with Gasteiger partial charge in [0.1, 0.15) is 0 Å². The van der Waals surface area contributed by atoms with E-state index in [0.29, 0.717) is 5.01 Å². The third-order valence-corrected chi connectivity index (χ3v) is 2.57. The summed E-state index contributed by atoms with van der Waals surface area (Å²) in [6.07, 6.45) is 0. The van der Waals surface area contributed by atoms with E-state index in [0.717, 1.165) is 5.56 Å². The Hall–Kier alpha value is -2.12. The van der Waals surface area contributed by atoms with Crippen LogP contribution >= 0.6 is 11.3 Å². The molecule has 1 aromatic heterocycles. The molecule has 0 aliphatic rings. The van der Waals surface area contributed by atoms with E-state index in [1.54, 1.807) is 0 Å². The fourth-order valence-corrected chi connectivity index (χ4v) is 1.71. The van der Waals surface area contributed by atoms with Crippen molar-refractivity contribution in [3.63, 3.8) is 0 Å². The first-order valence-corrected chi connectivity index (χ1v) is 5.39. The maximum absolute atomic E-state index is 10.6. The standard InChI is InChI=1S/C12H7NO2S/c14-12(15)10-8-16-11(13-10)7-6-9-4-2-1-3-5-9/h1-5,8H,(H,14,15). The first-order chi connectivity index (χ1) is 7.75. The molecule has 0 unspecified atom stereocenters. The quantitative estimate of drug-likeness (QED) is 0.763. The van der Waals surface area contributed by atoms with Crippen LogP contribution in [0.1, 0.15) is 21.1 Å². The average Bonchev–Trinajstić information content (AvgIpc) is 2.76. The maximum Gasteiger partial charge on any atom is 0.355 e. The second kappa shape index (κ2) is 4.60. The second-order valence-corrected chi connectivity index (χ2v) is 3.82. The van der Waals surface area contributed by atoms with Gasteiger partial charge in [0.2, 0.25) is 0 Å². The lowest BCUT2D eigenvalue weighted by molar-refractivity contribution is 0.0691. The van der Waals surface area contributed by atoms with Crippen molar-refractivity contribution in [2.75, 3.05) is 0 Å². The third-order valence-electron chi connectivity index (χ3n) is 1.81. The summed E-state index contributed by atoms with van der Waals surface area (Å²) >= 11 is 1.23. The predicted octanol–water partition coefficient (Wildman–Crippen LogP) is 2.24. The Morgan fingerprint density at radius 1 is 1.25 bits per heavy atom. The van der Waals surface area contributed by atoms with Gasteiger partial charge in [0.15, 0.2) is 10.7 Å². The summed E-state index contributed by atoms with van der Waals surface area (Å²) in [6, 6.07) is 9.48. The summed E-state index contributed by atoms with van der Waals surface area (Å²) < 4.78 is 0. The molecule has 0 saturated carbocycles. The van der Waals surface area contributed by atoms with Gasteiger partial charge in [-0.2, -0.15) is 0 Å². The van der Waals surface area contributed by atoms with Gasteiger partial charge in [-0.1, -0.05) is 24.1 Å². The van der Waals surface area contributed by atoms with Crippen LogP contribution in [0, 0.1) is 11.8 Å². The van der Waals surface area contributed by atoms with Crippen molar-refractivity contribution < 1.29 is 9.90 Å². The molecule has 0 aliphatic heterocycles. The summed E-state index contributed by atoms with van der Waals surface area (Å²) in [5.74, 6) is 4.72. The van der Waals surface area contributed by atoms with E-state index in [9.17, 15) is 4.79 Å². The highest BCUT2D eigenvalue weighted by Gasteiger charge is 2.06. The molecule has 78 valence electrons. The summed E-state index contributed by atoms with van der Waals surface area (Å²) in [7, 11) is 0. The number of thiazole rings is 1. The molecule has 0 bridgehead atoms. The van der Waals surface area contributed by atoms with Gasteiger partial charge in [-0.05, 0) is 18.1 Å². The summed E-state index contributed by atoms with van der Waals surface area (Å²) in [4.78, 5) is 14.5. The van der Waals surface area contributed by atoms with Crippen LogP contribution in [0.3, 0.4) is 0 Å². The number of rotatable bonds is 1.